The number of methoxy groups -OCH3 is 1. The van der Waals surface area contributed by atoms with Crippen LogP contribution in [-0.4, -0.2) is 107 Å². The van der Waals surface area contributed by atoms with E-state index in [9.17, 15) is 53.3 Å². The molecule has 3 aliphatic heterocycles. The van der Waals surface area contributed by atoms with E-state index in [1.165, 1.54) is 18.2 Å². The van der Waals surface area contributed by atoms with Crippen molar-refractivity contribution in [3.63, 3.8) is 0 Å². The fourth-order valence-corrected chi connectivity index (χ4v) is 9.45. The summed E-state index contributed by atoms with van der Waals surface area (Å²) in [5, 5.41) is 1.22. The van der Waals surface area contributed by atoms with E-state index in [1.807, 2.05) is 28.8 Å². The molecule has 1 atom stereocenters. The number of carbonyl (C=O) groups excluding carboxylic acids is 3. The molecule has 0 bridgehead atoms. The van der Waals surface area contributed by atoms with Gasteiger partial charge in [0.2, 0.25) is 5.36 Å². The molecule has 0 spiro atoms. The van der Waals surface area contributed by atoms with Crippen LogP contribution in [0.4, 0.5) is 5.69 Å². The number of anilines is 1. The Balaban J connectivity index is 1.52. The Bertz CT molecular complexity index is 2750. The lowest BCUT2D eigenvalue weighted by Crippen LogP contribution is -2.34. The van der Waals surface area contributed by atoms with Gasteiger partial charge >= 0.3 is 5.97 Å². The van der Waals surface area contributed by atoms with E-state index in [-0.39, 0.29) is 61.8 Å². The van der Waals surface area contributed by atoms with E-state index in [1.54, 1.807) is 49.3 Å². The molecule has 354 valence electrons. The predicted octanol–water partition coefficient (Wildman–Crippen LogP) is 4.91. The maximum Gasteiger partial charge on any atom is 0.333 e. The highest BCUT2D eigenvalue weighted by molar-refractivity contribution is 7.86. The summed E-state index contributed by atoms with van der Waals surface area (Å²) in [5.41, 5.74) is 2.04. The van der Waals surface area contributed by atoms with E-state index in [0.717, 1.165) is 16.5 Å². The van der Waals surface area contributed by atoms with Gasteiger partial charge in [-0.05, 0) is 85.2 Å². The second-order valence-electron chi connectivity index (χ2n) is 17.1. The van der Waals surface area contributed by atoms with E-state index in [0.29, 0.717) is 53.2 Å². The summed E-state index contributed by atoms with van der Waals surface area (Å²) in [5.74, 6) is -1.95. The SMILES string of the molecule is COCC[N+](CCCS(=O)(=O)O)=c1ccc2c(C(C)(C)C)cc(/C=C/C=C/C=C3/N(CCCS(=O)(=O)O)c4ccc(S(=O)(=O)O)cc4C3(C)CCCC(=O)ON3C(=O)CCC3=O)oc-2c1. The van der Waals surface area contributed by atoms with Gasteiger partial charge in [-0.1, -0.05) is 39.0 Å². The lowest BCUT2D eigenvalue weighted by Gasteiger charge is -2.30. The first kappa shape index (κ1) is 51.0. The number of benzene rings is 2. The van der Waals surface area contributed by atoms with E-state index in [2.05, 4.69) is 20.8 Å². The minimum absolute atomic E-state index is 0.0183. The summed E-state index contributed by atoms with van der Waals surface area (Å²) >= 11 is 0. The normalized spacial score (nSPS) is 18.5. The molecule has 1 aromatic carbocycles. The molecule has 0 radical (unpaired) electrons. The lowest BCUT2D eigenvalue weighted by molar-refractivity contribution is -0.197. The molecule has 1 aliphatic carbocycles. The molecule has 1 fully saturated rings. The highest BCUT2D eigenvalue weighted by Gasteiger charge is 2.44. The molecule has 21 heteroatoms. The van der Waals surface area contributed by atoms with Crippen molar-refractivity contribution in [1.29, 1.82) is 0 Å². The maximum absolute atomic E-state index is 12.8. The molecule has 1 unspecified atom stereocenters. The van der Waals surface area contributed by atoms with Crippen molar-refractivity contribution in [3.05, 3.63) is 94.7 Å². The molecular formula is C44H56N3O15S3+. The zero-order chi connectivity index (χ0) is 48.0. The molecule has 1 saturated heterocycles. The second-order valence-corrected chi connectivity index (χ2v) is 21.7. The summed E-state index contributed by atoms with van der Waals surface area (Å²) in [6.07, 6.45) is 8.84. The molecule has 18 nitrogen and oxygen atoms in total. The molecule has 4 aliphatic rings. The second kappa shape index (κ2) is 20.6. The van der Waals surface area contributed by atoms with Crippen molar-refractivity contribution in [3.8, 4) is 11.3 Å². The summed E-state index contributed by atoms with van der Waals surface area (Å²) in [6.45, 7) is 9.26. The Hall–Kier alpha value is -5.03. The van der Waals surface area contributed by atoms with Crippen LogP contribution >= 0.6 is 0 Å². The fourth-order valence-electron chi connectivity index (χ4n) is 7.96. The van der Waals surface area contributed by atoms with Gasteiger partial charge in [0.25, 0.3) is 42.2 Å². The van der Waals surface area contributed by atoms with Crippen molar-refractivity contribution in [2.75, 3.05) is 49.8 Å². The van der Waals surface area contributed by atoms with Crippen LogP contribution in [0, 0.1) is 0 Å². The van der Waals surface area contributed by atoms with E-state index >= 15 is 0 Å². The van der Waals surface area contributed by atoms with Crippen molar-refractivity contribution >= 4 is 59.9 Å². The monoisotopic (exact) mass is 962 g/mol. The molecule has 5 rings (SSSR count). The number of nitrogens with zero attached hydrogens (tertiary/aromatic N) is 3. The average Bonchev–Trinajstić information content (AvgIpc) is 3.63. The molecule has 3 heterocycles. The summed E-state index contributed by atoms with van der Waals surface area (Å²) in [6, 6.07) is 11.7. The van der Waals surface area contributed by atoms with Crippen molar-refractivity contribution in [1.82, 2.24) is 9.64 Å². The van der Waals surface area contributed by atoms with Gasteiger partial charge in [0.05, 0.1) is 22.5 Å². The number of fused-ring (bicyclic) bond motifs is 2. The maximum atomic E-state index is 12.8. The zero-order valence-corrected chi connectivity index (χ0v) is 39.4. The number of hydrogen-bond donors (Lipinski definition) is 3. The number of carbonyl (C=O) groups is 3. The summed E-state index contributed by atoms with van der Waals surface area (Å²) < 4.78 is 113. The lowest BCUT2D eigenvalue weighted by atomic mass is 9.77. The molecule has 1 aromatic rings. The first-order chi connectivity index (χ1) is 30.3. The Morgan fingerprint density at radius 2 is 1.55 bits per heavy atom. The fraction of sp³-hybridized carbons (Fsp3) is 0.455. The quantitative estimate of drug-likeness (QED) is 0.0588. The number of hydroxylamine groups is 2. The minimum atomic E-state index is -4.66. The topological polar surface area (TPSA) is 255 Å². The van der Waals surface area contributed by atoms with Crippen LogP contribution in [0.15, 0.2) is 81.8 Å². The van der Waals surface area contributed by atoms with Crippen LogP contribution in [0.2, 0.25) is 0 Å². The van der Waals surface area contributed by atoms with Crippen LogP contribution in [0.1, 0.15) is 89.5 Å². The number of imide groups is 1. The van der Waals surface area contributed by atoms with Crippen molar-refractivity contribution < 1.29 is 67.3 Å². The zero-order valence-electron chi connectivity index (χ0n) is 36.9. The van der Waals surface area contributed by atoms with Crippen LogP contribution in [0.3, 0.4) is 0 Å². The number of allylic oxidation sites excluding steroid dienone is 5. The molecule has 0 aromatic heterocycles. The number of rotatable bonds is 20. The Labute approximate surface area is 379 Å². The summed E-state index contributed by atoms with van der Waals surface area (Å²) in [4.78, 5) is 43.3. The molecule has 65 heavy (non-hydrogen) atoms. The first-order valence-electron chi connectivity index (χ1n) is 20.9. The van der Waals surface area contributed by atoms with E-state index < -0.39 is 65.1 Å². The predicted molar refractivity (Wildman–Crippen MR) is 241 cm³/mol. The Morgan fingerprint density at radius 3 is 2.18 bits per heavy atom. The average molecular weight is 963 g/mol. The van der Waals surface area contributed by atoms with Gasteiger partial charge in [0.1, 0.15) is 24.7 Å². The number of ether oxygens (including phenoxy) is 1. The summed E-state index contributed by atoms with van der Waals surface area (Å²) in [7, 11) is -11.6. The van der Waals surface area contributed by atoms with Gasteiger partial charge in [-0.25, -0.2) is 9.37 Å². The third-order valence-corrected chi connectivity index (χ3v) is 13.6. The van der Waals surface area contributed by atoms with Crippen molar-refractivity contribution in [2.24, 2.45) is 0 Å². The molecular weight excluding hydrogens is 907 g/mol. The van der Waals surface area contributed by atoms with Crippen LogP contribution in [-0.2, 0) is 65.1 Å². The third kappa shape index (κ3) is 13.5. The van der Waals surface area contributed by atoms with Crippen LogP contribution < -0.4 is 14.8 Å². The number of hydrogen-bond acceptors (Lipinski definition) is 13. The van der Waals surface area contributed by atoms with Gasteiger partial charge in [0, 0.05) is 67.8 Å². The highest BCUT2D eigenvalue weighted by atomic mass is 32.2. The largest absolute Gasteiger partial charge is 0.456 e. The van der Waals surface area contributed by atoms with Gasteiger partial charge in [-0.3, -0.25) is 23.2 Å². The minimum Gasteiger partial charge on any atom is -0.456 e. The first-order valence-corrected chi connectivity index (χ1v) is 25.5. The van der Waals surface area contributed by atoms with Crippen LogP contribution in [0.5, 0.6) is 0 Å². The number of amides is 2. The van der Waals surface area contributed by atoms with Gasteiger partial charge < -0.3 is 18.9 Å². The third-order valence-electron chi connectivity index (χ3n) is 11.1. The van der Waals surface area contributed by atoms with Gasteiger partial charge in [-0.15, -0.1) is 5.06 Å². The Morgan fingerprint density at radius 1 is 0.877 bits per heavy atom. The smallest absolute Gasteiger partial charge is 0.333 e. The van der Waals surface area contributed by atoms with E-state index in [4.69, 9.17) is 14.0 Å². The standard InChI is InChI=1S/C44H55N3O15S3/c1-43(2,3)35-29-32(61-38-28-31(15-17-34(35)38)45(24-25-60-5)22-10-26-63(51,52)53)12-7-6-8-13-39-44(4,21-9-14-42(50)62-47-40(48)19-20-41(47)49)36-30-33(65(57,58)59)16-18-37(36)46(39)23-11-27-64(54,55)56/h6-8,12-13,15-18,28-30H,9-11,14,19-27H2,1-5H3,(H2-,51,52,53,54,55,56,57,58,59)/p+1. The molecule has 0 saturated carbocycles. The van der Waals surface area contributed by atoms with Gasteiger partial charge in [-0.2, -0.15) is 25.3 Å². The highest BCUT2D eigenvalue weighted by Crippen LogP contribution is 2.51. The van der Waals surface area contributed by atoms with Gasteiger partial charge in [0.15, 0.2) is 6.54 Å². The Kier molecular flexibility index (Phi) is 16.2. The van der Waals surface area contributed by atoms with Crippen molar-refractivity contribution in [2.45, 2.75) is 88.4 Å². The molecule has 2 amide bonds. The molecule has 3 N–H and O–H groups in total. The van der Waals surface area contributed by atoms with Crippen LogP contribution in [0.25, 0.3) is 17.4 Å².